The molecule has 8 nitrogen and oxygen atoms in total. The highest BCUT2D eigenvalue weighted by molar-refractivity contribution is 7.90. The molecule has 0 spiro atoms. The van der Waals surface area contributed by atoms with Crippen LogP contribution in [0.15, 0.2) is 18.2 Å². The number of rotatable bonds is 6. The summed E-state index contributed by atoms with van der Waals surface area (Å²) in [7, 11) is -5.32. The highest BCUT2D eigenvalue weighted by Gasteiger charge is 2.50. The second-order valence-electron chi connectivity index (χ2n) is 5.94. The molecule has 146 valence electrons. The molecule has 1 aliphatic rings. The minimum Gasteiger partial charge on any atom is -0.392 e. The van der Waals surface area contributed by atoms with Crippen LogP contribution < -0.4 is 5.32 Å². The molecule has 0 amide bonds. The van der Waals surface area contributed by atoms with Gasteiger partial charge in [-0.25, -0.2) is 8.42 Å². The predicted octanol–water partition coefficient (Wildman–Crippen LogP) is 2.06. The summed E-state index contributed by atoms with van der Waals surface area (Å²) < 4.78 is 60.8. The number of aliphatic hydroxyl groups is 1. The lowest BCUT2D eigenvalue weighted by atomic mass is 9.98. The van der Waals surface area contributed by atoms with Crippen LogP contribution in [-0.2, 0) is 16.6 Å². The van der Waals surface area contributed by atoms with E-state index in [-0.39, 0.29) is 56.4 Å². The Morgan fingerprint density at radius 2 is 1.92 bits per heavy atom. The molecule has 0 aromatic heterocycles. The van der Waals surface area contributed by atoms with E-state index in [0.29, 0.717) is 9.87 Å². The predicted molar refractivity (Wildman–Crippen MR) is 86.8 cm³/mol. The Balaban J connectivity index is 1.98. The van der Waals surface area contributed by atoms with E-state index in [1.54, 1.807) is 0 Å². The molecule has 0 unspecified atom stereocenters. The van der Waals surface area contributed by atoms with Crippen LogP contribution in [0.1, 0.15) is 18.4 Å². The zero-order chi connectivity index (χ0) is 19.5. The van der Waals surface area contributed by atoms with Crippen molar-refractivity contribution in [3.05, 3.63) is 33.9 Å². The Labute approximate surface area is 147 Å². The molecule has 0 saturated carbocycles. The summed E-state index contributed by atoms with van der Waals surface area (Å²) in [5.74, 6) is -0.132. The van der Waals surface area contributed by atoms with Crippen molar-refractivity contribution in [3.8, 4) is 0 Å². The molecule has 0 atom stereocenters. The van der Waals surface area contributed by atoms with Gasteiger partial charge in [-0.1, -0.05) is 0 Å². The molecule has 0 radical (unpaired) electrons. The minimum absolute atomic E-state index is 0.132. The van der Waals surface area contributed by atoms with Crippen LogP contribution in [0.3, 0.4) is 0 Å². The molecular formula is C14H18F3N3O5S. The second kappa shape index (κ2) is 7.76. The summed E-state index contributed by atoms with van der Waals surface area (Å²) in [4.78, 5) is 10.5. The van der Waals surface area contributed by atoms with Crippen LogP contribution in [0.2, 0.25) is 0 Å². The molecule has 1 aromatic carbocycles. The molecule has 12 heteroatoms. The molecule has 0 aliphatic carbocycles. The van der Waals surface area contributed by atoms with Crippen molar-refractivity contribution in [1.82, 2.24) is 4.31 Å². The number of anilines is 1. The fourth-order valence-electron chi connectivity index (χ4n) is 2.74. The lowest BCUT2D eigenvalue weighted by molar-refractivity contribution is -0.384. The Morgan fingerprint density at radius 3 is 2.42 bits per heavy atom. The average Bonchev–Trinajstić information content (AvgIpc) is 2.58. The summed E-state index contributed by atoms with van der Waals surface area (Å²) in [6.45, 7) is -0.560. The van der Waals surface area contributed by atoms with Crippen molar-refractivity contribution in [2.45, 2.75) is 25.0 Å². The van der Waals surface area contributed by atoms with Crippen LogP contribution in [0.4, 0.5) is 24.5 Å². The number of halogens is 3. The number of piperidine rings is 1. The molecule has 0 bridgehead atoms. The third-order valence-corrected chi connectivity index (χ3v) is 5.86. The number of nitrogens with zero attached hydrogens (tertiary/aromatic N) is 2. The van der Waals surface area contributed by atoms with E-state index in [9.17, 15) is 31.7 Å². The first kappa shape index (κ1) is 20.4. The number of hydrogen-bond acceptors (Lipinski definition) is 6. The monoisotopic (exact) mass is 397 g/mol. The summed E-state index contributed by atoms with van der Waals surface area (Å²) in [6, 6.07) is 4.11. The summed E-state index contributed by atoms with van der Waals surface area (Å²) >= 11 is 0. The quantitative estimate of drug-likeness (QED) is 0.561. The first-order chi connectivity index (χ1) is 12.1. The fourth-order valence-corrected chi connectivity index (χ4v) is 3.72. The highest BCUT2D eigenvalue weighted by atomic mass is 32.2. The fraction of sp³-hybridized carbons (Fsp3) is 0.571. The van der Waals surface area contributed by atoms with Gasteiger partial charge >= 0.3 is 15.5 Å². The number of hydrogen-bond donors (Lipinski definition) is 2. The average molecular weight is 397 g/mol. The van der Waals surface area contributed by atoms with Crippen LogP contribution in [0.25, 0.3) is 0 Å². The number of alkyl halides is 3. The molecule has 1 aromatic rings. The third-order valence-electron chi connectivity index (χ3n) is 4.23. The van der Waals surface area contributed by atoms with E-state index in [1.165, 1.54) is 18.2 Å². The highest BCUT2D eigenvalue weighted by Crippen LogP contribution is 2.31. The van der Waals surface area contributed by atoms with Crippen molar-refractivity contribution in [1.29, 1.82) is 0 Å². The zero-order valence-electron chi connectivity index (χ0n) is 13.6. The summed E-state index contributed by atoms with van der Waals surface area (Å²) in [6.07, 6.45) is 0.408. The van der Waals surface area contributed by atoms with Gasteiger partial charge < -0.3 is 10.4 Å². The van der Waals surface area contributed by atoms with E-state index in [0.717, 1.165) is 0 Å². The van der Waals surface area contributed by atoms with Gasteiger partial charge in [0.2, 0.25) is 0 Å². The lowest BCUT2D eigenvalue weighted by Gasteiger charge is -2.31. The summed E-state index contributed by atoms with van der Waals surface area (Å²) in [5, 5.41) is 23.1. The molecule has 2 N–H and O–H groups in total. The van der Waals surface area contributed by atoms with Gasteiger partial charge in [0.15, 0.2) is 0 Å². The van der Waals surface area contributed by atoms with E-state index < -0.39 is 20.5 Å². The number of sulfonamides is 1. The number of nitrogens with one attached hydrogen (secondary N) is 1. The Bertz CT molecular complexity index is 762. The third kappa shape index (κ3) is 4.43. The molecule has 1 saturated heterocycles. The van der Waals surface area contributed by atoms with E-state index >= 15 is 0 Å². The first-order valence-corrected chi connectivity index (χ1v) is 9.18. The van der Waals surface area contributed by atoms with E-state index in [4.69, 9.17) is 5.11 Å². The number of nitro groups is 1. The van der Waals surface area contributed by atoms with E-state index in [2.05, 4.69) is 5.32 Å². The van der Waals surface area contributed by atoms with Crippen LogP contribution >= 0.6 is 0 Å². The number of aliphatic hydroxyl groups excluding tert-OH is 1. The van der Waals surface area contributed by atoms with Crippen molar-refractivity contribution < 1.29 is 31.6 Å². The minimum atomic E-state index is -5.32. The Kier molecular flexibility index (Phi) is 6.09. The molecule has 1 fully saturated rings. The largest absolute Gasteiger partial charge is 0.511 e. The lowest BCUT2D eigenvalue weighted by Crippen LogP contribution is -2.45. The van der Waals surface area contributed by atoms with Gasteiger partial charge in [0.25, 0.3) is 5.69 Å². The molecule has 1 heterocycles. The molecule has 26 heavy (non-hydrogen) atoms. The van der Waals surface area contributed by atoms with Crippen molar-refractivity contribution in [3.63, 3.8) is 0 Å². The maximum atomic E-state index is 12.5. The van der Waals surface area contributed by atoms with Gasteiger partial charge in [-0.2, -0.15) is 17.5 Å². The topological polar surface area (TPSA) is 113 Å². The first-order valence-electron chi connectivity index (χ1n) is 7.74. The second-order valence-corrected chi connectivity index (χ2v) is 7.87. The Morgan fingerprint density at radius 1 is 1.31 bits per heavy atom. The van der Waals surface area contributed by atoms with Gasteiger partial charge in [-0.15, -0.1) is 0 Å². The maximum Gasteiger partial charge on any atom is 0.511 e. The van der Waals surface area contributed by atoms with Crippen molar-refractivity contribution in [2.75, 3.05) is 25.0 Å². The molecule has 2 rings (SSSR count). The van der Waals surface area contributed by atoms with Gasteiger partial charge in [0.1, 0.15) is 5.69 Å². The van der Waals surface area contributed by atoms with Crippen molar-refractivity contribution >= 4 is 21.4 Å². The standard InChI is InChI=1S/C14H18F3N3O5S/c15-14(16,17)26(24,25)19-5-3-10(4-6-19)8-18-12-7-11(9-21)1-2-13(12)20(22)23/h1-2,7,10,18,21H,3-6,8-9H2. The number of benzene rings is 1. The zero-order valence-corrected chi connectivity index (χ0v) is 14.4. The SMILES string of the molecule is O=[N+]([O-])c1ccc(CO)cc1NCC1CCN(S(=O)(=O)C(F)(F)F)CC1. The van der Waals surface area contributed by atoms with Gasteiger partial charge in [0, 0.05) is 25.7 Å². The normalized spacial score (nSPS) is 17.2. The Hall–Kier alpha value is -1.92. The van der Waals surface area contributed by atoms with Crippen LogP contribution in [0, 0.1) is 16.0 Å². The van der Waals surface area contributed by atoms with Crippen LogP contribution in [-0.4, -0.2) is 47.9 Å². The van der Waals surface area contributed by atoms with Crippen molar-refractivity contribution in [2.24, 2.45) is 5.92 Å². The smallest absolute Gasteiger partial charge is 0.392 e. The van der Waals surface area contributed by atoms with Gasteiger partial charge in [0.05, 0.1) is 11.5 Å². The molecule has 1 aliphatic heterocycles. The maximum absolute atomic E-state index is 12.5. The summed E-state index contributed by atoms with van der Waals surface area (Å²) in [5.41, 5.74) is -4.82. The van der Waals surface area contributed by atoms with E-state index in [1.807, 2.05) is 0 Å². The number of nitro benzene ring substituents is 1. The van der Waals surface area contributed by atoms with Gasteiger partial charge in [-0.3, -0.25) is 10.1 Å². The molecular weight excluding hydrogens is 379 g/mol. The van der Waals surface area contributed by atoms with Gasteiger partial charge in [-0.05, 0) is 36.5 Å². The van der Waals surface area contributed by atoms with Crippen LogP contribution in [0.5, 0.6) is 0 Å².